The summed E-state index contributed by atoms with van der Waals surface area (Å²) in [5.41, 5.74) is 0. The van der Waals surface area contributed by atoms with Crippen molar-refractivity contribution in [2.75, 3.05) is 0 Å². The van der Waals surface area contributed by atoms with E-state index in [9.17, 15) is 0 Å². The van der Waals surface area contributed by atoms with Crippen molar-refractivity contribution in [2.24, 2.45) is 28.2 Å². The van der Waals surface area contributed by atoms with Gasteiger partial charge in [0, 0.05) is 16.1 Å². The summed E-state index contributed by atoms with van der Waals surface area (Å²) in [6.45, 7) is 14.7. The standard InChI is InChI=1S/2C16H26BN4Si.C6H6.2ClH.2H2O/c2*1-18-10-12-20(14-18)17(21-13-11-19(2)15-21)9-7-6-8-16(17)22(3,4)5;1-2-4-6-5-3-1;;;;/h2*7-15H,6H2,1-5H3;1-6H;2*1H;2*1H2/q2*+1;;;;;/p-2. The molecule has 0 atom stereocenters. The van der Waals surface area contributed by atoms with Gasteiger partial charge in [-0.15, -0.1) is 34.5 Å². The molecule has 0 fully saturated rings. The second-order valence-corrected chi connectivity index (χ2v) is 26.2. The van der Waals surface area contributed by atoms with E-state index in [1.807, 2.05) is 36.4 Å². The van der Waals surface area contributed by atoms with Crippen LogP contribution in [-0.4, -0.2) is 58.2 Å². The molecule has 4 aromatic heterocycles. The maximum absolute atomic E-state index is 2.46. The number of hydrogen-bond donors (Lipinski definition) is 0. The average Bonchev–Trinajstić information content (AvgIpc) is 3.91. The van der Waals surface area contributed by atoms with Crippen molar-refractivity contribution in [1.82, 2.24) is 18.3 Å². The Kier molecular flexibility index (Phi) is 17.5. The Labute approximate surface area is 337 Å². The average molecular weight is 812 g/mol. The molecule has 0 spiro atoms. The van der Waals surface area contributed by atoms with Gasteiger partial charge in [0.15, 0.2) is 25.3 Å². The first kappa shape index (κ1) is 48.1. The molecule has 7 rings (SSSR count). The van der Waals surface area contributed by atoms with Crippen LogP contribution >= 0.6 is 0 Å². The first-order chi connectivity index (χ1) is 23.7. The second-order valence-electron chi connectivity index (χ2n) is 16.1. The predicted octanol–water partition coefficient (Wildman–Crippen LogP) is -2.72. The third-order valence-corrected chi connectivity index (χ3v) is 14.8. The van der Waals surface area contributed by atoms with Gasteiger partial charge in [-0.05, 0) is 12.8 Å². The highest BCUT2D eigenvalue weighted by atomic mass is 35.5. The van der Waals surface area contributed by atoms with Gasteiger partial charge < -0.3 is 53.7 Å². The fraction of sp³-hybridized carbons (Fsp3) is 0.316. The number of aromatic nitrogens is 8. The van der Waals surface area contributed by atoms with E-state index in [1.54, 1.807) is 10.2 Å². The molecule has 6 heterocycles. The lowest BCUT2D eigenvalue weighted by molar-refractivity contribution is -0.682. The Bertz CT molecular complexity index is 1790. The summed E-state index contributed by atoms with van der Waals surface area (Å²) in [4.78, 5) is 0. The number of hydrogen-bond acceptors (Lipinski definition) is 0. The number of halogens is 2. The van der Waals surface area contributed by atoms with Crippen LogP contribution in [-0.2, 0) is 28.2 Å². The molecular weight excluding hydrogens is 749 g/mol. The van der Waals surface area contributed by atoms with E-state index in [4.69, 9.17) is 0 Å². The number of nitrogens with zero attached hydrogens (tertiary/aromatic N) is 8. The quantitative estimate of drug-likeness (QED) is 0.167. The van der Waals surface area contributed by atoms with Crippen LogP contribution in [0.15, 0.2) is 158 Å². The SMILES string of the molecule is Cn1cc[n+]([B-]2([n+]3ccn(C)c3)C=CCC=C2[Si](C)(C)C)c1.Cn1cc[n+]([B-]2([n+]3ccn(C)c3)C=CCC=C2[Si](C)(C)C)c1.O.O.[Cl-].[Cl-].c1ccccc1. The Morgan fingerprint density at radius 1 is 0.463 bits per heavy atom. The smallest absolute Gasteiger partial charge is 0.422 e. The largest absolute Gasteiger partial charge is 1.00 e. The lowest BCUT2D eigenvalue weighted by Gasteiger charge is -2.41. The van der Waals surface area contributed by atoms with Gasteiger partial charge in [-0.2, -0.15) is 12.0 Å². The van der Waals surface area contributed by atoms with Gasteiger partial charge in [-0.3, -0.25) is 0 Å². The minimum atomic E-state index is -1.46. The summed E-state index contributed by atoms with van der Waals surface area (Å²) in [6.07, 6.45) is 35.5. The van der Waals surface area contributed by atoms with Crippen LogP contribution in [0.5, 0.6) is 0 Å². The molecule has 10 nitrogen and oxygen atoms in total. The molecule has 54 heavy (non-hydrogen) atoms. The zero-order chi connectivity index (χ0) is 36.2. The highest BCUT2D eigenvalue weighted by Gasteiger charge is 2.48. The molecule has 4 N–H and O–H groups in total. The lowest BCUT2D eigenvalue weighted by atomic mass is 9.43. The molecule has 0 radical (unpaired) electrons. The summed E-state index contributed by atoms with van der Waals surface area (Å²) in [7, 11) is 5.41. The number of allylic oxidation sites excluding steroid dienone is 4. The topological polar surface area (TPSA) is 98.2 Å². The molecule has 2 aliphatic heterocycles. The molecule has 0 unspecified atom stereocenters. The van der Waals surface area contributed by atoms with Gasteiger partial charge in [0.1, 0.15) is 24.8 Å². The molecule has 0 aliphatic carbocycles. The van der Waals surface area contributed by atoms with E-state index in [1.165, 1.54) is 0 Å². The number of benzene rings is 1. The molecular formula is C38H62B2Cl2N8O2Si2. The molecule has 0 saturated carbocycles. The van der Waals surface area contributed by atoms with E-state index < -0.39 is 29.0 Å². The van der Waals surface area contributed by atoms with Crippen LogP contribution in [0.25, 0.3) is 0 Å². The minimum absolute atomic E-state index is 0. The fourth-order valence-corrected chi connectivity index (χ4v) is 12.7. The Hall–Kier alpha value is -3.92. The zero-order valence-electron chi connectivity index (χ0n) is 33.8. The van der Waals surface area contributed by atoms with E-state index in [-0.39, 0.29) is 35.8 Å². The van der Waals surface area contributed by atoms with Crippen molar-refractivity contribution in [3.05, 3.63) is 158 Å². The van der Waals surface area contributed by atoms with Crippen molar-refractivity contribution < 1.29 is 53.7 Å². The predicted molar refractivity (Wildman–Crippen MR) is 220 cm³/mol. The molecule has 0 amide bonds. The van der Waals surface area contributed by atoms with Crippen LogP contribution < -0.4 is 42.7 Å². The lowest BCUT2D eigenvalue weighted by Crippen LogP contribution is -3.00. The van der Waals surface area contributed by atoms with Crippen LogP contribution in [0, 0.1) is 0 Å². The second kappa shape index (κ2) is 19.6. The normalized spacial score (nSPS) is 15.2. The summed E-state index contributed by atoms with van der Waals surface area (Å²) in [5.74, 6) is 4.85. The molecule has 0 saturated heterocycles. The summed E-state index contributed by atoms with van der Waals surface area (Å²) >= 11 is 0. The molecule has 2 aliphatic rings. The van der Waals surface area contributed by atoms with E-state index >= 15 is 0 Å². The van der Waals surface area contributed by atoms with Crippen LogP contribution in [0.4, 0.5) is 0 Å². The van der Waals surface area contributed by atoms with Crippen LogP contribution in [0.1, 0.15) is 12.8 Å². The van der Waals surface area contributed by atoms with Crippen molar-refractivity contribution in [3.63, 3.8) is 0 Å². The number of rotatable bonds is 6. The molecule has 16 heteroatoms. The fourth-order valence-electron chi connectivity index (χ4n) is 7.91. The summed E-state index contributed by atoms with van der Waals surface area (Å²) in [5, 5.41) is 3.23. The van der Waals surface area contributed by atoms with E-state index in [0.29, 0.717) is 0 Å². The van der Waals surface area contributed by atoms with Crippen molar-refractivity contribution >= 4 is 29.0 Å². The van der Waals surface area contributed by atoms with E-state index in [2.05, 4.69) is 215 Å². The maximum atomic E-state index is 2.46. The molecule has 0 bridgehead atoms. The monoisotopic (exact) mass is 810 g/mol. The van der Waals surface area contributed by atoms with E-state index in [0.717, 1.165) is 12.8 Å². The van der Waals surface area contributed by atoms with Crippen molar-refractivity contribution in [3.8, 4) is 0 Å². The maximum Gasteiger partial charge on any atom is 0.422 e. The van der Waals surface area contributed by atoms with Gasteiger partial charge in [0.2, 0.25) is 0 Å². The highest BCUT2D eigenvalue weighted by molar-refractivity contribution is 7.02. The number of imidazole rings is 4. The first-order valence-electron chi connectivity index (χ1n) is 17.9. The Morgan fingerprint density at radius 2 is 0.704 bits per heavy atom. The third kappa shape index (κ3) is 10.2. The highest BCUT2D eigenvalue weighted by Crippen LogP contribution is 2.27. The zero-order valence-corrected chi connectivity index (χ0v) is 37.3. The third-order valence-electron chi connectivity index (χ3n) is 10.0. The van der Waals surface area contributed by atoms with Gasteiger partial charge in [-0.1, -0.05) is 75.7 Å². The van der Waals surface area contributed by atoms with Crippen LogP contribution in [0.3, 0.4) is 0 Å². The van der Waals surface area contributed by atoms with Crippen molar-refractivity contribution in [1.29, 1.82) is 0 Å². The van der Waals surface area contributed by atoms with Gasteiger partial charge in [0.05, 0.1) is 53.0 Å². The van der Waals surface area contributed by atoms with Gasteiger partial charge in [-0.25, -0.2) is 18.3 Å². The first-order valence-corrected chi connectivity index (χ1v) is 24.9. The Balaban J connectivity index is 0.000000439. The van der Waals surface area contributed by atoms with Crippen molar-refractivity contribution in [2.45, 2.75) is 52.1 Å². The van der Waals surface area contributed by atoms with Gasteiger partial charge in [0.25, 0.3) is 0 Å². The molecule has 5 aromatic rings. The molecule has 294 valence electrons. The summed E-state index contributed by atoms with van der Waals surface area (Å²) in [6, 6.07) is 12.0. The van der Waals surface area contributed by atoms with Crippen LogP contribution in [0.2, 0.25) is 39.3 Å². The molecule has 1 aromatic carbocycles. The Morgan fingerprint density at radius 3 is 0.889 bits per heavy atom. The summed E-state index contributed by atoms with van der Waals surface area (Å²) < 4.78 is 18.0. The van der Waals surface area contributed by atoms with Gasteiger partial charge >= 0.3 is 12.8 Å². The number of aryl methyl sites for hydroxylation is 4. The minimum Gasteiger partial charge on any atom is -1.00 e.